The number of alkyl halides is 9. The lowest BCUT2D eigenvalue weighted by Gasteiger charge is -2.28. The van der Waals surface area contributed by atoms with E-state index in [2.05, 4.69) is 4.74 Å². The van der Waals surface area contributed by atoms with Gasteiger partial charge in [-0.25, -0.2) is 9.47 Å². The number of halogens is 12. The molecule has 0 spiro atoms. The minimum Gasteiger partial charge on any atom is -0.378 e. The van der Waals surface area contributed by atoms with E-state index < -0.39 is 37.0 Å². The number of hydrogen-bond donors (Lipinski definition) is 0. The molecular weight excluding hydrogens is 348 g/mol. The molecule has 3 nitrogen and oxygen atoms in total. The van der Waals surface area contributed by atoms with E-state index in [-0.39, 0.29) is 0 Å². The summed E-state index contributed by atoms with van der Waals surface area (Å²) >= 11 is 0. The summed E-state index contributed by atoms with van der Waals surface area (Å²) in [6.45, 7) is 0. The van der Waals surface area contributed by atoms with Crippen molar-refractivity contribution in [2.75, 3.05) is 0 Å². The molecule has 15 heteroatoms. The lowest BCUT2D eigenvalue weighted by atomic mass is 10.6. The molecule has 0 aliphatic rings. The monoisotopic (exact) mass is 348 g/mol. The lowest BCUT2D eigenvalue weighted by Crippen LogP contribution is -2.51. The third kappa shape index (κ3) is 6.28. The molecule has 0 saturated heterocycles. The Balaban J connectivity index is 5.14. The molecule has 0 fully saturated rings. The third-order valence-electron chi connectivity index (χ3n) is 1.19. The Hall–Kier alpha value is -1.38. The minimum atomic E-state index is -6.72. The van der Waals surface area contributed by atoms with Crippen LogP contribution in [0, 0.1) is 0 Å². The van der Waals surface area contributed by atoms with E-state index in [1.807, 2.05) is 0 Å². The van der Waals surface area contributed by atoms with Crippen LogP contribution in [0.2, 0.25) is 0 Å². The number of hydrogen-bond acceptors (Lipinski definition) is 3. The van der Waals surface area contributed by atoms with Gasteiger partial charge in [0.25, 0.3) is 0 Å². The predicted octanol–water partition coefficient (Wildman–Crippen LogP) is 4.33. The standard InChI is InChI=1S/C6F12O3/c7-1(8)2(9)19-6(17,18)21-4(12,13)3(10,11)20-5(14,15)16. The Bertz CT molecular complexity index is 394. The zero-order valence-electron chi connectivity index (χ0n) is 8.76. The van der Waals surface area contributed by atoms with Crippen molar-refractivity contribution in [1.82, 2.24) is 0 Å². The summed E-state index contributed by atoms with van der Waals surface area (Å²) in [6, 6.07) is -3.49. The molecule has 0 unspecified atom stereocenters. The maximum absolute atomic E-state index is 12.4. The highest BCUT2D eigenvalue weighted by molar-refractivity contribution is 4.81. The molecule has 0 rings (SSSR count). The van der Waals surface area contributed by atoms with E-state index in [4.69, 9.17) is 0 Å². The van der Waals surface area contributed by atoms with E-state index in [1.165, 1.54) is 4.74 Å². The number of ether oxygens (including phenoxy) is 3. The van der Waals surface area contributed by atoms with Gasteiger partial charge < -0.3 is 4.74 Å². The molecule has 0 saturated carbocycles. The summed E-state index contributed by atoms with van der Waals surface area (Å²) < 4.78 is 148. The molecule has 126 valence electrons. The smallest absolute Gasteiger partial charge is 0.378 e. The summed E-state index contributed by atoms with van der Waals surface area (Å²) in [7, 11) is 0. The van der Waals surface area contributed by atoms with Crippen LogP contribution in [0.3, 0.4) is 0 Å². The van der Waals surface area contributed by atoms with Crippen molar-refractivity contribution in [3.05, 3.63) is 12.1 Å². The summed E-state index contributed by atoms with van der Waals surface area (Å²) in [5.41, 5.74) is 0. The summed E-state index contributed by atoms with van der Waals surface area (Å²) in [5.74, 6) is 0. The molecule has 0 aliphatic carbocycles. The SMILES string of the molecule is FC(F)=C(F)OC(F)(F)OC(F)(F)C(F)(F)OC(F)(F)F. The molecule has 0 radical (unpaired) electrons. The number of rotatable bonds is 6. The van der Waals surface area contributed by atoms with Crippen LogP contribution < -0.4 is 0 Å². The first-order valence-corrected chi connectivity index (χ1v) is 3.99. The van der Waals surface area contributed by atoms with Crippen molar-refractivity contribution in [2.24, 2.45) is 0 Å². The van der Waals surface area contributed by atoms with Crippen molar-refractivity contribution >= 4 is 0 Å². The van der Waals surface area contributed by atoms with E-state index in [9.17, 15) is 52.7 Å². The summed E-state index contributed by atoms with van der Waals surface area (Å²) in [5, 5.41) is 0. The molecule has 0 aromatic heterocycles. The molecule has 0 aromatic carbocycles. The van der Waals surface area contributed by atoms with Gasteiger partial charge in [0.1, 0.15) is 0 Å². The van der Waals surface area contributed by atoms with Crippen molar-refractivity contribution in [1.29, 1.82) is 0 Å². The fraction of sp³-hybridized carbons (Fsp3) is 0.667. The highest BCUT2D eigenvalue weighted by atomic mass is 19.4. The third-order valence-corrected chi connectivity index (χ3v) is 1.19. The first kappa shape index (κ1) is 19.6. The average molecular weight is 348 g/mol. The molecule has 0 N–H and O–H groups in total. The van der Waals surface area contributed by atoms with Crippen LogP contribution in [-0.2, 0) is 14.2 Å². The Morgan fingerprint density at radius 3 is 1.33 bits per heavy atom. The Morgan fingerprint density at radius 1 is 0.619 bits per heavy atom. The fourth-order valence-corrected chi connectivity index (χ4v) is 0.577. The fourth-order valence-electron chi connectivity index (χ4n) is 0.577. The second-order valence-electron chi connectivity index (χ2n) is 2.78. The van der Waals surface area contributed by atoms with Gasteiger partial charge in [0.15, 0.2) is 0 Å². The maximum Gasteiger partial charge on any atom is 0.542 e. The molecule has 0 bridgehead atoms. The van der Waals surface area contributed by atoms with E-state index in [0.717, 1.165) is 0 Å². The van der Waals surface area contributed by atoms with Crippen molar-refractivity contribution in [3.63, 3.8) is 0 Å². The molecule has 21 heavy (non-hydrogen) atoms. The largest absolute Gasteiger partial charge is 0.542 e. The molecule has 0 amide bonds. The van der Waals surface area contributed by atoms with Gasteiger partial charge in [-0.05, 0) is 0 Å². The van der Waals surface area contributed by atoms with Crippen LogP contribution in [0.15, 0.2) is 12.1 Å². The molecule has 0 aliphatic heterocycles. The first-order valence-electron chi connectivity index (χ1n) is 3.99. The van der Waals surface area contributed by atoms with Crippen LogP contribution in [0.1, 0.15) is 0 Å². The first-order chi connectivity index (χ1) is 8.99. The van der Waals surface area contributed by atoms with Gasteiger partial charge in [0, 0.05) is 0 Å². The molecule has 0 aromatic rings. The minimum absolute atomic E-state index is 1.54. The van der Waals surface area contributed by atoms with E-state index in [1.54, 1.807) is 4.74 Å². The van der Waals surface area contributed by atoms with Gasteiger partial charge >= 0.3 is 37.0 Å². The highest BCUT2D eigenvalue weighted by Crippen LogP contribution is 2.44. The zero-order valence-corrected chi connectivity index (χ0v) is 8.76. The normalized spacial score (nSPS) is 14.1. The van der Waals surface area contributed by atoms with E-state index >= 15 is 0 Å². The second kappa shape index (κ2) is 5.78. The van der Waals surface area contributed by atoms with Crippen LogP contribution in [0.4, 0.5) is 52.7 Å². The van der Waals surface area contributed by atoms with Crippen LogP contribution in [-0.4, -0.2) is 24.9 Å². The van der Waals surface area contributed by atoms with Crippen molar-refractivity contribution in [3.8, 4) is 0 Å². The second-order valence-corrected chi connectivity index (χ2v) is 2.78. The van der Waals surface area contributed by atoms with E-state index in [0.29, 0.717) is 0 Å². The Labute approximate surface area is 105 Å². The average Bonchev–Trinajstić information content (AvgIpc) is 2.09. The quantitative estimate of drug-likeness (QED) is 0.406. The van der Waals surface area contributed by atoms with Gasteiger partial charge in [-0.1, -0.05) is 0 Å². The molecular formula is C6F12O3. The van der Waals surface area contributed by atoms with Gasteiger partial charge in [-0.15, -0.1) is 22.0 Å². The highest BCUT2D eigenvalue weighted by Gasteiger charge is 2.68. The van der Waals surface area contributed by atoms with Crippen LogP contribution >= 0.6 is 0 Å². The van der Waals surface area contributed by atoms with Gasteiger partial charge in [-0.2, -0.15) is 30.7 Å². The van der Waals surface area contributed by atoms with Gasteiger partial charge in [0.05, 0.1) is 0 Å². The maximum atomic E-state index is 12.4. The summed E-state index contributed by atoms with van der Waals surface area (Å²) in [4.78, 5) is 0. The Kier molecular flexibility index (Phi) is 5.40. The van der Waals surface area contributed by atoms with Crippen LogP contribution in [0.25, 0.3) is 0 Å². The topological polar surface area (TPSA) is 27.7 Å². The van der Waals surface area contributed by atoms with Crippen molar-refractivity contribution < 1.29 is 66.9 Å². The van der Waals surface area contributed by atoms with Gasteiger partial charge in [-0.3, -0.25) is 0 Å². The zero-order chi connectivity index (χ0) is 17.3. The Morgan fingerprint density at radius 2 is 1.00 bits per heavy atom. The molecule has 0 heterocycles. The molecule has 0 atom stereocenters. The lowest BCUT2D eigenvalue weighted by molar-refractivity contribution is -0.553. The van der Waals surface area contributed by atoms with Gasteiger partial charge in [0.2, 0.25) is 0 Å². The van der Waals surface area contributed by atoms with Crippen LogP contribution in [0.5, 0.6) is 0 Å². The van der Waals surface area contributed by atoms with Crippen molar-refractivity contribution in [2.45, 2.75) is 24.9 Å². The predicted molar refractivity (Wildman–Crippen MR) is 34.5 cm³/mol. The summed E-state index contributed by atoms with van der Waals surface area (Å²) in [6.07, 6.45) is -29.6.